The molecule has 0 aromatic rings. The Balaban J connectivity index is 3.88. The van der Waals surface area contributed by atoms with E-state index in [9.17, 15) is 0 Å². The maximum Gasteiger partial charge on any atom is 0.501 e. The van der Waals surface area contributed by atoms with E-state index in [1.807, 2.05) is 7.05 Å². The third-order valence-electron chi connectivity index (χ3n) is 2.37. The summed E-state index contributed by atoms with van der Waals surface area (Å²) in [5, 5.41) is 3.09. The second-order valence-electron chi connectivity index (χ2n) is 3.50. The van der Waals surface area contributed by atoms with Gasteiger partial charge in [0.2, 0.25) is 0 Å². The monoisotopic (exact) mass is 235 g/mol. The van der Waals surface area contributed by atoms with Gasteiger partial charge in [-0.1, -0.05) is 19.8 Å². The van der Waals surface area contributed by atoms with Crippen LogP contribution in [0.1, 0.15) is 26.2 Å². The Kier molecular flexibility index (Phi) is 9.33. The summed E-state index contributed by atoms with van der Waals surface area (Å²) in [5.41, 5.74) is 0. The molecule has 0 spiro atoms. The topological polar surface area (TPSA) is 39.7 Å². The molecule has 0 fully saturated rings. The van der Waals surface area contributed by atoms with Gasteiger partial charge in [-0.25, -0.2) is 0 Å². The van der Waals surface area contributed by atoms with Crippen LogP contribution in [0, 0.1) is 0 Å². The van der Waals surface area contributed by atoms with Crippen LogP contribution >= 0.6 is 0 Å². The molecule has 0 atom stereocenters. The minimum Gasteiger partial charge on any atom is -0.377 e. The van der Waals surface area contributed by atoms with E-state index in [0.29, 0.717) is 0 Å². The fourth-order valence-corrected chi connectivity index (χ4v) is 3.30. The first-order valence-corrected chi connectivity index (χ1v) is 7.56. The first kappa shape index (κ1) is 15.1. The lowest BCUT2D eigenvalue weighted by Crippen LogP contribution is -2.46. The summed E-state index contributed by atoms with van der Waals surface area (Å²) in [6.45, 7) is 3.78. The van der Waals surface area contributed by atoms with Crippen molar-refractivity contribution in [1.29, 1.82) is 0 Å². The smallest absolute Gasteiger partial charge is 0.377 e. The van der Waals surface area contributed by atoms with Gasteiger partial charge in [0.05, 0.1) is 0 Å². The van der Waals surface area contributed by atoms with Crippen LogP contribution in [0.3, 0.4) is 0 Å². The molecule has 0 saturated carbocycles. The Morgan fingerprint density at radius 3 is 2.27 bits per heavy atom. The zero-order valence-corrected chi connectivity index (χ0v) is 11.5. The van der Waals surface area contributed by atoms with Crippen molar-refractivity contribution in [1.82, 2.24) is 5.32 Å². The Labute approximate surface area is 94.7 Å². The average molecular weight is 235 g/mol. The summed E-state index contributed by atoms with van der Waals surface area (Å²) in [6.07, 6.45) is 3.48. The summed E-state index contributed by atoms with van der Waals surface area (Å²) < 4.78 is 16.6. The molecule has 0 aromatic heterocycles. The molecule has 0 heterocycles. The largest absolute Gasteiger partial charge is 0.501 e. The van der Waals surface area contributed by atoms with Gasteiger partial charge < -0.3 is 18.6 Å². The van der Waals surface area contributed by atoms with Gasteiger partial charge in [0.1, 0.15) is 0 Å². The van der Waals surface area contributed by atoms with Gasteiger partial charge in [0.15, 0.2) is 0 Å². The number of nitrogens with one attached hydrogen (secondary N) is 1. The summed E-state index contributed by atoms with van der Waals surface area (Å²) >= 11 is 0. The van der Waals surface area contributed by atoms with Crippen molar-refractivity contribution in [2.45, 2.75) is 32.2 Å². The number of hydrogen-bond donors (Lipinski definition) is 1. The van der Waals surface area contributed by atoms with E-state index in [4.69, 9.17) is 13.3 Å². The summed E-state index contributed by atoms with van der Waals surface area (Å²) in [5.74, 6) is 0. The van der Waals surface area contributed by atoms with E-state index in [2.05, 4.69) is 12.2 Å². The molecule has 92 valence electrons. The average Bonchev–Trinajstić information content (AvgIpc) is 2.29. The van der Waals surface area contributed by atoms with Crippen LogP contribution < -0.4 is 5.32 Å². The van der Waals surface area contributed by atoms with Gasteiger partial charge in [-0.05, 0) is 20.0 Å². The van der Waals surface area contributed by atoms with E-state index < -0.39 is 8.80 Å². The Bertz CT molecular complexity index is 143. The third-order valence-corrected chi connectivity index (χ3v) is 5.12. The molecule has 4 nitrogen and oxygen atoms in total. The first-order valence-electron chi connectivity index (χ1n) is 5.63. The lowest BCUT2D eigenvalue weighted by atomic mass is 10.3. The predicted molar refractivity (Wildman–Crippen MR) is 64.0 cm³/mol. The predicted octanol–water partition coefficient (Wildman–Crippen LogP) is 1.64. The van der Waals surface area contributed by atoms with E-state index >= 15 is 0 Å². The van der Waals surface area contributed by atoms with Gasteiger partial charge in [-0.2, -0.15) is 0 Å². The molecule has 0 amide bonds. The summed E-state index contributed by atoms with van der Waals surface area (Å²) in [7, 11) is 2.88. The molecule has 15 heavy (non-hydrogen) atoms. The highest BCUT2D eigenvalue weighted by molar-refractivity contribution is 6.60. The van der Waals surface area contributed by atoms with Crippen LogP contribution in [0.4, 0.5) is 0 Å². The van der Waals surface area contributed by atoms with Crippen molar-refractivity contribution in [3.63, 3.8) is 0 Å². The van der Waals surface area contributed by atoms with Gasteiger partial charge in [0.25, 0.3) is 0 Å². The van der Waals surface area contributed by atoms with Gasteiger partial charge in [-0.3, -0.25) is 0 Å². The minimum atomic E-state index is -2.38. The Hall–Kier alpha value is 0.0569. The lowest BCUT2D eigenvalue weighted by molar-refractivity contribution is 0.0966. The zero-order chi connectivity index (χ0) is 11.6. The van der Waals surface area contributed by atoms with Crippen molar-refractivity contribution >= 4 is 8.80 Å². The molecule has 0 aromatic carbocycles. The highest BCUT2D eigenvalue weighted by Crippen LogP contribution is 2.13. The van der Waals surface area contributed by atoms with Gasteiger partial charge in [-0.15, -0.1) is 0 Å². The highest BCUT2D eigenvalue weighted by Gasteiger charge is 2.37. The first-order chi connectivity index (χ1) is 7.24. The maximum absolute atomic E-state index is 5.79. The normalized spacial score (nSPS) is 12.0. The lowest BCUT2D eigenvalue weighted by Gasteiger charge is -2.26. The molecule has 0 radical (unpaired) electrons. The summed E-state index contributed by atoms with van der Waals surface area (Å²) in [6, 6.07) is 0.822. The second-order valence-corrected chi connectivity index (χ2v) is 6.47. The molecule has 0 bridgehead atoms. The molecule has 0 rings (SSSR count). The maximum atomic E-state index is 5.79. The van der Waals surface area contributed by atoms with Crippen LogP contribution in [-0.2, 0) is 13.3 Å². The molecule has 0 aliphatic rings. The minimum absolute atomic E-state index is 0.742. The van der Waals surface area contributed by atoms with Crippen molar-refractivity contribution in [3.05, 3.63) is 0 Å². The van der Waals surface area contributed by atoms with E-state index in [-0.39, 0.29) is 0 Å². The number of unbranched alkanes of at least 4 members (excludes halogenated alkanes) is 2. The van der Waals surface area contributed by atoms with Crippen LogP contribution in [0.2, 0.25) is 6.04 Å². The molecule has 0 aliphatic heterocycles. The van der Waals surface area contributed by atoms with E-state index in [0.717, 1.165) is 25.6 Å². The van der Waals surface area contributed by atoms with Crippen molar-refractivity contribution in [3.8, 4) is 0 Å². The Morgan fingerprint density at radius 2 is 1.80 bits per heavy atom. The molecule has 1 N–H and O–H groups in total. The van der Waals surface area contributed by atoms with E-state index in [1.165, 1.54) is 12.8 Å². The van der Waals surface area contributed by atoms with Crippen molar-refractivity contribution in [2.24, 2.45) is 0 Å². The zero-order valence-electron chi connectivity index (χ0n) is 10.5. The summed E-state index contributed by atoms with van der Waals surface area (Å²) in [4.78, 5) is 0. The van der Waals surface area contributed by atoms with Crippen LogP contribution in [0.5, 0.6) is 0 Å². The highest BCUT2D eigenvalue weighted by atomic mass is 28.4. The molecular weight excluding hydrogens is 210 g/mol. The van der Waals surface area contributed by atoms with Crippen molar-refractivity contribution in [2.75, 3.05) is 34.4 Å². The standard InChI is InChI=1S/C10H25NO3Si/c1-5-6-7-9-14-15(12-3,13-4)10-8-11-2/h11H,5-10H2,1-4H3. The molecule has 0 aliphatic carbocycles. The number of hydrogen-bond acceptors (Lipinski definition) is 4. The SMILES string of the molecule is CCCCCO[Si](CCNC)(OC)OC. The molecule has 0 saturated heterocycles. The van der Waals surface area contributed by atoms with Gasteiger partial charge >= 0.3 is 8.80 Å². The molecular formula is C10H25NO3Si. The van der Waals surface area contributed by atoms with Crippen LogP contribution in [0.25, 0.3) is 0 Å². The second kappa shape index (κ2) is 9.29. The van der Waals surface area contributed by atoms with E-state index in [1.54, 1.807) is 14.2 Å². The molecule has 0 unspecified atom stereocenters. The fraction of sp³-hybridized carbons (Fsp3) is 1.00. The molecule has 5 heteroatoms. The van der Waals surface area contributed by atoms with Crippen LogP contribution in [-0.4, -0.2) is 43.2 Å². The third kappa shape index (κ3) is 6.27. The van der Waals surface area contributed by atoms with Crippen LogP contribution in [0.15, 0.2) is 0 Å². The number of rotatable bonds is 10. The quantitative estimate of drug-likeness (QED) is 0.462. The fourth-order valence-electron chi connectivity index (χ4n) is 1.34. The Morgan fingerprint density at radius 1 is 1.13 bits per heavy atom. The van der Waals surface area contributed by atoms with Crippen molar-refractivity contribution < 1.29 is 13.3 Å². The van der Waals surface area contributed by atoms with Gasteiger partial charge in [0, 0.05) is 26.9 Å².